The maximum atomic E-state index is 11.9. The van der Waals surface area contributed by atoms with Gasteiger partial charge in [0.1, 0.15) is 0 Å². The van der Waals surface area contributed by atoms with Crippen LogP contribution in [0.3, 0.4) is 0 Å². The summed E-state index contributed by atoms with van der Waals surface area (Å²) in [5, 5.41) is 13.0. The van der Waals surface area contributed by atoms with Crippen LogP contribution in [0.4, 0.5) is 0 Å². The van der Waals surface area contributed by atoms with Gasteiger partial charge >= 0.3 is 0 Å². The number of rotatable bonds is 5. The van der Waals surface area contributed by atoms with E-state index in [2.05, 4.69) is 17.1 Å². The molecular formula is C13H26N2O2. The van der Waals surface area contributed by atoms with E-state index in [-0.39, 0.29) is 11.9 Å². The molecule has 2 atom stereocenters. The number of likely N-dealkylation sites (tertiary alicyclic amines) is 1. The quantitative estimate of drug-likeness (QED) is 0.711. The monoisotopic (exact) mass is 242 g/mol. The Morgan fingerprint density at radius 1 is 1.59 bits per heavy atom. The van der Waals surface area contributed by atoms with Crippen molar-refractivity contribution in [1.29, 1.82) is 0 Å². The Hall–Kier alpha value is -0.610. The topological polar surface area (TPSA) is 52.6 Å². The molecule has 4 heteroatoms. The van der Waals surface area contributed by atoms with Crippen molar-refractivity contribution in [3.8, 4) is 0 Å². The van der Waals surface area contributed by atoms with Crippen LogP contribution in [-0.4, -0.2) is 47.2 Å². The number of amides is 1. The fourth-order valence-corrected chi connectivity index (χ4v) is 2.29. The minimum absolute atomic E-state index is 0.0798. The van der Waals surface area contributed by atoms with Gasteiger partial charge in [-0.05, 0) is 39.7 Å². The molecule has 4 nitrogen and oxygen atoms in total. The molecule has 1 heterocycles. The van der Waals surface area contributed by atoms with Crippen molar-refractivity contribution in [1.82, 2.24) is 10.2 Å². The maximum absolute atomic E-state index is 11.9. The van der Waals surface area contributed by atoms with E-state index in [4.69, 9.17) is 0 Å². The lowest BCUT2D eigenvalue weighted by molar-refractivity contribution is -0.128. The van der Waals surface area contributed by atoms with Gasteiger partial charge in [-0.3, -0.25) is 9.69 Å². The first-order chi connectivity index (χ1) is 7.96. The second-order valence-corrected chi connectivity index (χ2v) is 5.39. The predicted molar refractivity (Wildman–Crippen MR) is 68.8 cm³/mol. The lowest BCUT2D eigenvalue weighted by atomic mass is 9.94. The van der Waals surface area contributed by atoms with Gasteiger partial charge in [0.2, 0.25) is 5.91 Å². The summed E-state index contributed by atoms with van der Waals surface area (Å²) in [5.74, 6) is 0.0798. The van der Waals surface area contributed by atoms with Crippen molar-refractivity contribution in [2.75, 3.05) is 19.6 Å². The van der Waals surface area contributed by atoms with Crippen molar-refractivity contribution < 1.29 is 9.90 Å². The molecule has 1 fully saturated rings. The number of hydrogen-bond acceptors (Lipinski definition) is 3. The zero-order valence-corrected chi connectivity index (χ0v) is 11.3. The predicted octanol–water partition coefficient (Wildman–Crippen LogP) is 1.14. The van der Waals surface area contributed by atoms with Crippen LogP contribution in [0.2, 0.25) is 0 Å². The van der Waals surface area contributed by atoms with Crippen molar-refractivity contribution in [3.05, 3.63) is 0 Å². The molecule has 0 saturated carbocycles. The van der Waals surface area contributed by atoms with Crippen molar-refractivity contribution in [2.45, 2.75) is 58.1 Å². The molecule has 2 unspecified atom stereocenters. The number of aliphatic hydroxyl groups is 1. The summed E-state index contributed by atoms with van der Waals surface area (Å²) in [4.78, 5) is 14.0. The molecule has 2 N–H and O–H groups in total. The fraction of sp³-hybridized carbons (Fsp3) is 0.923. The third kappa shape index (κ3) is 4.64. The largest absolute Gasteiger partial charge is 0.389 e. The van der Waals surface area contributed by atoms with Gasteiger partial charge in [0.15, 0.2) is 0 Å². The van der Waals surface area contributed by atoms with Crippen LogP contribution < -0.4 is 5.32 Å². The molecule has 0 spiro atoms. The average Bonchev–Trinajstić information content (AvgIpc) is 2.27. The second-order valence-electron chi connectivity index (χ2n) is 5.39. The van der Waals surface area contributed by atoms with Gasteiger partial charge in [-0.2, -0.15) is 0 Å². The molecule has 0 aromatic heterocycles. The molecule has 0 bridgehead atoms. The molecule has 1 amide bonds. The summed E-state index contributed by atoms with van der Waals surface area (Å²) in [5.41, 5.74) is -0.643. The smallest absolute Gasteiger partial charge is 0.237 e. The third-order valence-corrected chi connectivity index (χ3v) is 3.46. The Morgan fingerprint density at radius 2 is 2.29 bits per heavy atom. The molecule has 1 saturated heterocycles. The van der Waals surface area contributed by atoms with Crippen LogP contribution in [0.15, 0.2) is 0 Å². The Morgan fingerprint density at radius 3 is 2.88 bits per heavy atom. The van der Waals surface area contributed by atoms with Crippen LogP contribution in [0.25, 0.3) is 0 Å². The molecule has 0 aromatic carbocycles. The maximum Gasteiger partial charge on any atom is 0.237 e. The highest BCUT2D eigenvalue weighted by Crippen LogP contribution is 2.21. The normalized spacial score (nSPS) is 27.8. The third-order valence-electron chi connectivity index (χ3n) is 3.46. The van der Waals surface area contributed by atoms with E-state index in [0.29, 0.717) is 6.54 Å². The highest BCUT2D eigenvalue weighted by molar-refractivity contribution is 5.81. The number of nitrogens with zero attached hydrogens (tertiary/aromatic N) is 1. The van der Waals surface area contributed by atoms with Crippen LogP contribution in [-0.2, 0) is 4.79 Å². The van der Waals surface area contributed by atoms with Crippen LogP contribution in [0.5, 0.6) is 0 Å². The Bertz CT molecular complexity index is 254. The van der Waals surface area contributed by atoms with Crippen molar-refractivity contribution in [2.24, 2.45) is 0 Å². The molecule has 0 radical (unpaired) electrons. The number of nitrogens with one attached hydrogen (secondary N) is 1. The number of β-amino-alcohol motifs (C(OH)–C–C–N with tert-alkyl or cyclic N) is 1. The Kier molecular flexibility index (Phi) is 5.40. The summed E-state index contributed by atoms with van der Waals surface area (Å²) in [7, 11) is 0. The van der Waals surface area contributed by atoms with E-state index < -0.39 is 5.60 Å². The molecule has 1 aliphatic rings. The first-order valence-electron chi connectivity index (χ1n) is 6.70. The zero-order valence-electron chi connectivity index (χ0n) is 11.3. The molecule has 0 aliphatic carbocycles. The van der Waals surface area contributed by atoms with Crippen molar-refractivity contribution >= 4 is 5.91 Å². The van der Waals surface area contributed by atoms with Gasteiger partial charge in [-0.1, -0.05) is 13.3 Å². The van der Waals surface area contributed by atoms with Crippen molar-refractivity contribution in [3.63, 3.8) is 0 Å². The first-order valence-corrected chi connectivity index (χ1v) is 6.70. The molecule has 17 heavy (non-hydrogen) atoms. The van der Waals surface area contributed by atoms with E-state index in [9.17, 15) is 9.90 Å². The lowest BCUT2D eigenvalue weighted by Gasteiger charge is -2.39. The zero-order chi connectivity index (χ0) is 12.9. The van der Waals surface area contributed by atoms with Crippen LogP contribution in [0.1, 0.15) is 46.5 Å². The van der Waals surface area contributed by atoms with E-state index in [1.54, 1.807) is 0 Å². The molecular weight excluding hydrogens is 216 g/mol. The van der Waals surface area contributed by atoms with E-state index in [1.165, 1.54) is 0 Å². The van der Waals surface area contributed by atoms with Gasteiger partial charge in [0.05, 0.1) is 11.6 Å². The molecule has 1 aliphatic heterocycles. The van der Waals surface area contributed by atoms with E-state index >= 15 is 0 Å². The number of unbranched alkanes of at least 4 members (excludes halogenated alkanes) is 1. The van der Waals surface area contributed by atoms with Gasteiger partial charge in [-0.15, -0.1) is 0 Å². The second kappa shape index (κ2) is 6.36. The minimum atomic E-state index is -0.643. The summed E-state index contributed by atoms with van der Waals surface area (Å²) in [6, 6.07) is -0.140. The van der Waals surface area contributed by atoms with E-state index in [1.807, 2.05) is 13.8 Å². The standard InChI is InChI=1S/C13H26N2O2/c1-4-5-8-14-12(16)11(2)15-9-6-7-13(3,17)10-15/h11,17H,4-10H2,1-3H3,(H,14,16). The minimum Gasteiger partial charge on any atom is -0.389 e. The summed E-state index contributed by atoms with van der Waals surface area (Å²) >= 11 is 0. The fourth-order valence-electron chi connectivity index (χ4n) is 2.29. The Labute approximate surface area is 104 Å². The molecule has 100 valence electrons. The summed E-state index contributed by atoms with van der Waals surface area (Å²) < 4.78 is 0. The molecule has 1 rings (SSSR count). The number of carbonyl (C=O) groups is 1. The molecule has 0 aromatic rings. The number of carbonyl (C=O) groups excluding carboxylic acids is 1. The lowest BCUT2D eigenvalue weighted by Crippen LogP contribution is -2.54. The summed E-state index contributed by atoms with van der Waals surface area (Å²) in [6.45, 7) is 8.12. The van der Waals surface area contributed by atoms with Gasteiger partial charge < -0.3 is 10.4 Å². The first kappa shape index (κ1) is 14.5. The highest BCUT2D eigenvalue weighted by Gasteiger charge is 2.32. The van der Waals surface area contributed by atoms with Crippen LogP contribution >= 0.6 is 0 Å². The van der Waals surface area contributed by atoms with Gasteiger partial charge in [0, 0.05) is 13.1 Å². The number of piperidine rings is 1. The van der Waals surface area contributed by atoms with Gasteiger partial charge in [0.25, 0.3) is 0 Å². The van der Waals surface area contributed by atoms with E-state index in [0.717, 1.165) is 38.8 Å². The number of hydrogen-bond donors (Lipinski definition) is 2. The Balaban J connectivity index is 2.40. The summed E-state index contributed by atoms with van der Waals surface area (Å²) in [6.07, 6.45) is 3.90. The van der Waals surface area contributed by atoms with Crippen LogP contribution in [0, 0.1) is 0 Å². The van der Waals surface area contributed by atoms with Gasteiger partial charge in [-0.25, -0.2) is 0 Å². The highest BCUT2D eigenvalue weighted by atomic mass is 16.3. The SMILES string of the molecule is CCCCNC(=O)C(C)N1CCCC(C)(O)C1. The average molecular weight is 242 g/mol.